The predicted octanol–water partition coefficient (Wildman–Crippen LogP) is 1.64. The van der Waals surface area contributed by atoms with Gasteiger partial charge in [0, 0.05) is 12.6 Å². The molecule has 8 heteroatoms. The third-order valence-corrected chi connectivity index (χ3v) is 2.16. The SMILES string of the molecule is CCCNc1cnn(CCOCC(F)(F)F)c(=O)c1. The van der Waals surface area contributed by atoms with Crippen LogP contribution in [0.4, 0.5) is 18.9 Å². The van der Waals surface area contributed by atoms with Crippen molar-refractivity contribution in [2.24, 2.45) is 0 Å². The van der Waals surface area contributed by atoms with Gasteiger partial charge in [0.25, 0.3) is 5.56 Å². The van der Waals surface area contributed by atoms with Crippen LogP contribution in [0.5, 0.6) is 0 Å². The zero-order chi connectivity index (χ0) is 14.3. The van der Waals surface area contributed by atoms with Gasteiger partial charge >= 0.3 is 6.18 Å². The molecular formula is C11H16F3N3O2. The van der Waals surface area contributed by atoms with E-state index in [0.717, 1.165) is 17.6 Å². The minimum atomic E-state index is -4.35. The first-order chi connectivity index (χ1) is 8.92. The van der Waals surface area contributed by atoms with Crippen molar-refractivity contribution in [1.82, 2.24) is 9.78 Å². The Bertz CT molecular complexity index is 446. The number of aromatic nitrogens is 2. The first kappa shape index (κ1) is 15.5. The van der Waals surface area contributed by atoms with Crippen LogP contribution in [0.3, 0.4) is 0 Å². The van der Waals surface area contributed by atoms with E-state index in [1.165, 1.54) is 12.3 Å². The van der Waals surface area contributed by atoms with Crippen LogP contribution >= 0.6 is 0 Å². The molecule has 0 radical (unpaired) electrons. The van der Waals surface area contributed by atoms with Gasteiger partial charge in [0.05, 0.1) is 25.0 Å². The number of halogens is 3. The maximum atomic E-state index is 11.8. The van der Waals surface area contributed by atoms with E-state index in [-0.39, 0.29) is 18.7 Å². The van der Waals surface area contributed by atoms with Gasteiger partial charge in [0.1, 0.15) is 6.61 Å². The molecule has 1 rings (SSSR count). The number of alkyl halides is 3. The van der Waals surface area contributed by atoms with Crippen molar-refractivity contribution in [3.8, 4) is 0 Å². The van der Waals surface area contributed by atoms with Gasteiger partial charge in [-0.2, -0.15) is 18.3 Å². The summed E-state index contributed by atoms with van der Waals surface area (Å²) in [6.45, 7) is 1.16. The van der Waals surface area contributed by atoms with Gasteiger partial charge in [-0.05, 0) is 6.42 Å². The first-order valence-corrected chi connectivity index (χ1v) is 5.88. The lowest BCUT2D eigenvalue weighted by molar-refractivity contribution is -0.174. The predicted molar refractivity (Wildman–Crippen MR) is 64.2 cm³/mol. The van der Waals surface area contributed by atoms with Gasteiger partial charge < -0.3 is 10.1 Å². The Hall–Kier alpha value is -1.57. The molecule has 0 aliphatic heterocycles. The molecule has 0 aromatic carbocycles. The largest absolute Gasteiger partial charge is 0.411 e. The van der Waals surface area contributed by atoms with Gasteiger partial charge in [-0.15, -0.1) is 0 Å². The molecule has 0 saturated carbocycles. The highest BCUT2D eigenvalue weighted by atomic mass is 19.4. The Morgan fingerprint density at radius 3 is 2.79 bits per heavy atom. The summed E-state index contributed by atoms with van der Waals surface area (Å²) in [5.41, 5.74) is 0.219. The van der Waals surface area contributed by atoms with Crippen LogP contribution < -0.4 is 10.9 Å². The molecule has 0 saturated heterocycles. The molecule has 0 bridgehead atoms. The number of rotatable bonds is 7. The number of anilines is 1. The van der Waals surface area contributed by atoms with E-state index in [9.17, 15) is 18.0 Å². The second-order valence-electron chi connectivity index (χ2n) is 3.90. The maximum absolute atomic E-state index is 11.8. The maximum Gasteiger partial charge on any atom is 0.411 e. The molecule has 1 heterocycles. The van der Waals surface area contributed by atoms with Crippen molar-refractivity contribution in [3.63, 3.8) is 0 Å². The molecule has 0 amide bonds. The molecule has 0 unspecified atom stereocenters. The van der Waals surface area contributed by atoms with E-state index in [2.05, 4.69) is 15.2 Å². The number of nitrogens with one attached hydrogen (secondary N) is 1. The molecule has 0 fully saturated rings. The van der Waals surface area contributed by atoms with E-state index in [1.54, 1.807) is 0 Å². The first-order valence-electron chi connectivity index (χ1n) is 5.88. The number of ether oxygens (including phenoxy) is 1. The molecule has 5 nitrogen and oxygen atoms in total. The van der Waals surface area contributed by atoms with Crippen LogP contribution in [0, 0.1) is 0 Å². The Balaban J connectivity index is 2.44. The van der Waals surface area contributed by atoms with Crippen molar-refractivity contribution in [2.45, 2.75) is 26.1 Å². The zero-order valence-corrected chi connectivity index (χ0v) is 10.5. The van der Waals surface area contributed by atoms with Crippen LogP contribution in [-0.2, 0) is 11.3 Å². The number of hydrogen-bond donors (Lipinski definition) is 1. The van der Waals surface area contributed by atoms with Gasteiger partial charge in [-0.1, -0.05) is 6.92 Å². The fourth-order valence-corrected chi connectivity index (χ4v) is 1.31. The molecule has 0 aliphatic carbocycles. The summed E-state index contributed by atoms with van der Waals surface area (Å²) in [6, 6.07) is 1.35. The summed E-state index contributed by atoms with van der Waals surface area (Å²) in [4.78, 5) is 11.6. The minimum Gasteiger partial charge on any atom is -0.384 e. The van der Waals surface area contributed by atoms with Crippen molar-refractivity contribution >= 4 is 5.69 Å². The molecular weight excluding hydrogens is 263 g/mol. The van der Waals surface area contributed by atoms with E-state index >= 15 is 0 Å². The molecule has 108 valence electrons. The van der Waals surface area contributed by atoms with Gasteiger partial charge in [0.15, 0.2) is 0 Å². The number of nitrogens with zero attached hydrogens (tertiary/aromatic N) is 2. The van der Waals surface area contributed by atoms with E-state index in [1.807, 2.05) is 6.92 Å². The molecule has 0 spiro atoms. The van der Waals surface area contributed by atoms with Crippen molar-refractivity contribution in [2.75, 3.05) is 25.1 Å². The average molecular weight is 279 g/mol. The lowest BCUT2D eigenvalue weighted by atomic mass is 10.4. The van der Waals surface area contributed by atoms with Crippen LogP contribution in [0.2, 0.25) is 0 Å². The minimum absolute atomic E-state index is 0.0109. The average Bonchev–Trinajstić information content (AvgIpc) is 2.32. The van der Waals surface area contributed by atoms with Crippen molar-refractivity contribution < 1.29 is 17.9 Å². The van der Waals surface area contributed by atoms with Gasteiger partial charge in [-0.25, -0.2) is 4.68 Å². The fraction of sp³-hybridized carbons (Fsp3) is 0.636. The highest BCUT2D eigenvalue weighted by Crippen LogP contribution is 2.14. The lowest BCUT2D eigenvalue weighted by Gasteiger charge is -2.09. The monoisotopic (exact) mass is 279 g/mol. The quantitative estimate of drug-likeness (QED) is 0.771. The third kappa shape index (κ3) is 6.23. The lowest BCUT2D eigenvalue weighted by Crippen LogP contribution is -2.26. The smallest absolute Gasteiger partial charge is 0.384 e. The third-order valence-electron chi connectivity index (χ3n) is 2.16. The summed E-state index contributed by atoms with van der Waals surface area (Å²) in [6.07, 6.45) is -1.98. The Kier molecular flexibility index (Phi) is 5.81. The summed E-state index contributed by atoms with van der Waals surface area (Å²) < 4.78 is 40.9. The summed E-state index contributed by atoms with van der Waals surface area (Å²) >= 11 is 0. The summed E-state index contributed by atoms with van der Waals surface area (Å²) in [5, 5.41) is 6.84. The van der Waals surface area contributed by atoms with E-state index in [0.29, 0.717) is 5.69 Å². The van der Waals surface area contributed by atoms with Crippen LogP contribution in [0.25, 0.3) is 0 Å². The molecule has 1 aromatic heterocycles. The summed E-state index contributed by atoms with van der Waals surface area (Å²) in [7, 11) is 0. The second kappa shape index (κ2) is 7.13. The Labute approximate surface area is 108 Å². The number of hydrogen-bond acceptors (Lipinski definition) is 4. The Morgan fingerprint density at radius 2 is 2.21 bits per heavy atom. The molecule has 19 heavy (non-hydrogen) atoms. The normalized spacial score (nSPS) is 11.6. The topological polar surface area (TPSA) is 56.1 Å². The van der Waals surface area contributed by atoms with Crippen molar-refractivity contribution in [3.05, 3.63) is 22.6 Å². The molecule has 1 aromatic rings. The standard InChI is InChI=1S/C11H16F3N3O2/c1-2-3-15-9-6-10(18)17(16-7-9)4-5-19-8-11(12,13)14/h6-7,15H,2-5,8H2,1H3. The fourth-order valence-electron chi connectivity index (χ4n) is 1.31. The molecule has 0 aliphatic rings. The summed E-state index contributed by atoms with van der Waals surface area (Å²) in [5.74, 6) is 0. The van der Waals surface area contributed by atoms with E-state index in [4.69, 9.17) is 0 Å². The van der Waals surface area contributed by atoms with Crippen molar-refractivity contribution in [1.29, 1.82) is 0 Å². The van der Waals surface area contributed by atoms with E-state index < -0.39 is 12.8 Å². The van der Waals surface area contributed by atoms with Crippen LogP contribution in [0.1, 0.15) is 13.3 Å². The van der Waals surface area contributed by atoms with Gasteiger partial charge in [0.2, 0.25) is 0 Å². The van der Waals surface area contributed by atoms with Crippen LogP contribution in [0.15, 0.2) is 17.1 Å². The molecule has 1 N–H and O–H groups in total. The van der Waals surface area contributed by atoms with Gasteiger partial charge in [-0.3, -0.25) is 4.79 Å². The molecule has 0 atom stereocenters. The Morgan fingerprint density at radius 1 is 1.47 bits per heavy atom. The highest BCUT2D eigenvalue weighted by Gasteiger charge is 2.27. The second-order valence-corrected chi connectivity index (χ2v) is 3.90. The van der Waals surface area contributed by atoms with Crippen LogP contribution in [-0.4, -0.2) is 35.7 Å². The highest BCUT2D eigenvalue weighted by molar-refractivity contribution is 5.38. The zero-order valence-electron chi connectivity index (χ0n) is 10.5.